The number of aromatic nitrogens is 1. The Morgan fingerprint density at radius 3 is 1.48 bits per heavy atom. The van der Waals surface area contributed by atoms with Crippen molar-refractivity contribution in [3.05, 3.63) is 151 Å². The van der Waals surface area contributed by atoms with Gasteiger partial charge in [0.15, 0.2) is 0 Å². The standard InChI is InChI=1S/C36H24N4/c37-25-31-29(18-12-24-38-31)27-15-4-5-16-28(27)30-17-6-7-19-32(30)40-35-22-10-8-20-33(35)39(26-13-2-1-3-14-26)34-21-9-11-23-36(34)40/h1-24H. The molecule has 0 spiro atoms. The molecule has 0 saturated carbocycles. The van der Waals surface area contributed by atoms with Crippen molar-refractivity contribution in [1.82, 2.24) is 4.98 Å². The van der Waals surface area contributed by atoms with E-state index < -0.39 is 0 Å². The normalized spacial score (nSPS) is 11.9. The van der Waals surface area contributed by atoms with Crippen molar-refractivity contribution in [2.24, 2.45) is 0 Å². The molecule has 1 aromatic heterocycles. The van der Waals surface area contributed by atoms with Crippen molar-refractivity contribution >= 4 is 34.1 Å². The van der Waals surface area contributed by atoms with Gasteiger partial charge in [0.25, 0.3) is 0 Å². The van der Waals surface area contributed by atoms with E-state index in [-0.39, 0.29) is 0 Å². The van der Waals surface area contributed by atoms with Gasteiger partial charge in [-0.2, -0.15) is 5.26 Å². The summed E-state index contributed by atoms with van der Waals surface area (Å²) in [4.78, 5) is 9.02. The van der Waals surface area contributed by atoms with Crippen LogP contribution >= 0.6 is 0 Å². The molecule has 1 aliphatic heterocycles. The predicted molar refractivity (Wildman–Crippen MR) is 163 cm³/mol. The number of nitrogens with zero attached hydrogens (tertiary/aromatic N) is 4. The van der Waals surface area contributed by atoms with Gasteiger partial charge in [0.1, 0.15) is 11.8 Å². The summed E-state index contributed by atoms with van der Waals surface area (Å²) in [7, 11) is 0. The highest BCUT2D eigenvalue weighted by atomic mass is 15.3. The summed E-state index contributed by atoms with van der Waals surface area (Å²) in [5.74, 6) is 0. The molecule has 0 bridgehead atoms. The highest BCUT2D eigenvalue weighted by Gasteiger charge is 2.31. The molecule has 6 aromatic rings. The number of pyridine rings is 1. The van der Waals surface area contributed by atoms with Gasteiger partial charge < -0.3 is 9.80 Å². The van der Waals surface area contributed by atoms with Crippen molar-refractivity contribution in [3.8, 4) is 28.3 Å². The van der Waals surface area contributed by atoms with E-state index in [1.165, 1.54) is 0 Å². The second-order valence-corrected chi connectivity index (χ2v) is 9.56. The first-order valence-electron chi connectivity index (χ1n) is 13.2. The molecule has 188 valence electrons. The van der Waals surface area contributed by atoms with E-state index in [1.54, 1.807) is 6.20 Å². The largest absolute Gasteiger partial charge is 0.306 e. The zero-order chi connectivity index (χ0) is 26.9. The Balaban J connectivity index is 1.48. The van der Waals surface area contributed by atoms with Crippen molar-refractivity contribution < 1.29 is 0 Å². The quantitative estimate of drug-likeness (QED) is 0.235. The summed E-state index contributed by atoms with van der Waals surface area (Å²) < 4.78 is 0. The maximum absolute atomic E-state index is 9.81. The molecule has 40 heavy (non-hydrogen) atoms. The second-order valence-electron chi connectivity index (χ2n) is 9.56. The summed E-state index contributed by atoms with van der Waals surface area (Å²) in [6.45, 7) is 0. The first kappa shape index (κ1) is 23.5. The monoisotopic (exact) mass is 512 g/mol. The average molecular weight is 513 g/mol. The summed E-state index contributed by atoms with van der Waals surface area (Å²) in [6, 6.07) is 50.4. The Morgan fingerprint density at radius 1 is 0.425 bits per heavy atom. The van der Waals surface area contributed by atoms with E-state index in [4.69, 9.17) is 0 Å². The van der Waals surface area contributed by atoms with Crippen molar-refractivity contribution in [3.63, 3.8) is 0 Å². The van der Waals surface area contributed by atoms with Crippen LogP contribution in [0.1, 0.15) is 5.69 Å². The highest BCUT2D eigenvalue weighted by Crippen LogP contribution is 2.55. The summed E-state index contributed by atoms with van der Waals surface area (Å²) >= 11 is 0. The van der Waals surface area contributed by atoms with E-state index in [2.05, 4.69) is 130 Å². The molecule has 0 aliphatic carbocycles. The summed E-state index contributed by atoms with van der Waals surface area (Å²) in [5.41, 5.74) is 10.9. The van der Waals surface area contributed by atoms with Crippen molar-refractivity contribution in [2.75, 3.05) is 9.80 Å². The third kappa shape index (κ3) is 3.81. The van der Waals surface area contributed by atoms with Crippen molar-refractivity contribution in [2.45, 2.75) is 0 Å². The maximum Gasteiger partial charge on any atom is 0.148 e. The summed E-state index contributed by atoms with van der Waals surface area (Å²) in [5, 5.41) is 9.81. The molecule has 0 amide bonds. The fourth-order valence-electron chi connectivity index (χ4n) is 5.62. The molecule has 1 aliphatic rings. The fourth-order valence-corrected chi connectivity index (χ4v) is 5.62. The van der Waals surface area contributed by atoms with Gasteiger partial charge in [-0.05, 0) is 65.7 Å². The molecule has 4 heteroatoms. The number of benzene rings is 5. The Morgan fingerprint density at radius 2 is 0.875 bits per heavy atom. The number of hydrogen-bond donors (Lipinski definition) is 0. The number of nitriles is 1. The van der Waals surface area contributed by atoms with Gasteiger partial charge in [0.2, 0.25) is 0 Å². The van der Waals surface area contributed by atoms with Gasteiger partial charge in [-0.25, -0.2) is 4.98 Å². The second kappa shape index (κ2) is 9.90. The van der Waals surface area contributed by atoms with Gasteiger partial charge in [0.05, 0.1) is 28.4 Å². The van der Waals surface area contributed by atoms with Gasteiger partial charge in [0, 0.05) is 23.0 Å². The predicted octanol–water partition coefficient (Wildman–Crippen LogP) is 9.54. The molecule has 0 saturated heterocycles. The first-order valence-corrected chi connectivity index (χ1v) is 13.2. The van der Waals surface area contributed by atoms with Crippen LogP contribution < -0.4 is 9.80 Å². The summed E-state index contributed by atoms with van der Waals surface area (Å²) in [6.07, 6.45) is 1.67. The molecule has 0 atom stereocenters. The lowest BCUT2D eigenvalue weighted by molar-refractivity contribution is 1.17. The highest BCUT2D eigenvalue weighted by molar-refractivity contribution is 6.04. The Labute approximate surface area is 233 Å². The van der Waals surface area contributed by atoms with Crippen LogP contribution in [0, 0.1) is 11.3 Å². The SMILES string of the molecule is N#Cc1ncccc1-c1ccccc1-c1ccccc1N1c2ccccc2N(c2ccccc2)c2ccccc21. The van der Waals surface area contributed by atoms with Crippen LogP contribution in [0.15, 0.2) is 146 Å². The molecule has 4 nitrogen and oxygen atoms in total. The lowest BCUT2D eigenvalue weighted by Crippen LogP contribution is -2.24. The number of hydrogen-bond acceptors (Lipinski definition) is 4. The average Bonchev–Trinajstić information content (AvgIpc) is 3.04. The lowest BCUT2D eigenvalue weighted by Gasteiger charge is -2.41. The minimum absolute atomic E-state index is 0.416. The smallest absolute Gasteiger partial charge is 0.148 e. The number of rotatable bonds is 4. The van der Waals surface area contributed by atoms with Crippen LogP contribution in [0.3, 0.4) is 0 Å². The van der Waals surface area contributed by atoms with Gasteiger partial charge in [-0.15, -0.1) is 0 Å². The van der Waals surface area contributed by atoms with E-state index in [0.29, 0.717) is 5.69 Å². The van der Waals surface area contributed by atoms with Gasteiger partial charge >= 0.3 is 0 Å². The number of anilines is 6. The van der Waals surface area contributed by atoms with E-state index in [9.17, 15) is 5.26 Å². The Hall–Kier alpha value is -5.66. The third-order valence-electron chi connectivity index (χ3n) is 7.31. The third-order valence-corrected chi connectivity index (χ3v) is 7.31. The van der Waals surface area contributed by atoms with Gasteiger partial charge in [-0.3, -0.25) is 0 Å². The maximum atomic E-state index is 9.81. The molecule has 0 radical (unpaired) electrons. The Bertz CT molecular complexity index is 1840. The number of para-hydroxylation sites is 6. The molecular weight excluding hydrogens is 488 g/mol. The Kier molecular flexibility index (Phi) is 5.81. The first-order chi connectivity index (χ1) is 19.8. The minimum Gasteiger partial charge on any atom is -0.306 e. The van der Waals surface area contributed by atoms with Crippen molar-refractivity contribution in [1.29, 1.82) is 5.26 Å². The topological polar surface area (TPSA) is 43.2 Å². The van der Waals surface area contributed by atoms with E-state index >= 15 is 0 Å². The van der Waals surface area contributed by atoms with Crippen LogP contribution in [0.4, 0.5) is 34.1 Å². The van der Waals surface area contributed by atoms with Crippen LogP contribution in [0.2, 0.25) is 0 Å². The molecule has 2 heterocycles. The fraction of sp³-hybridized carbons (Fsp3) is 0. The molecular formula is C36H24N4. The zero-order valence-electron chi connectivity index (χ0n) is 21.6. The van der Waals surface area contributed by atoms with Crippen LogP contribution in [-0.4, -0.2) is 4.98 Å². The molecule has 0 fully saturated rings. The molecule has 0 unspecified atom stereocenters. The van der Waals surface area contributed by atoms with Crippen LogP contribution in [0.5, 0.6) is 0 Å². The molecule has 0 N–H and O–H groups in total. The van der Waals surface area contributed by atoms with Crippen LogP contribution in [-0.2, 0) is 0 Å². The molecule has 7 rings (SSSR count). The lowest BCUT2D eigenvalue weighted by atomic mass is 9.92. The minimum atomic E-state index is 0.416. The van der Waals surface area contributed by atoms with E-state index in [0.717, 1.165) is 56.4 Å². The zero-order valence-corrected chi connectivity index (χ0v) is 21.6. The van der Waals surface area contributed by atoms with Crippen LogP contribution in [0.25, 0.3) is 22.3 Å². The van der Waals surface area contributed by atoms with Gasteiger partial charge in [-0.1, -0.05) is 84.9 Å². The number of fused-ring (bicyclic) bond motifs is 2. The molecule has 5 aromatic carbocycles. The van der Waals surface area contributed by atoms with E-state index in [1.807, 2.05) is 30.3 Å².